The number of carbonyl (C=O) groups excluding carboxylic acids is 3. The lowest BCUT2D eigenvalue weighted by Gasteiger charge is -2.47. The molecule has 1 atom stereocenters. The molecule has 1 spiro atoms. The Kier molecular flexibility index (Phi) is 4.84. The summed E-state index contributed by atoms with van der Waals surface area (Å²) in [7, 11) is 0. The van der Waals surface area contributed by atoms with Crippen molar-refractivity contribution in [1.29, 1.82) is 0 Å². The number of nitrogens with zero attached hydrogens (tertiary/aromatic N) is 3. The Morgan fingerprint density at radius 3 is 2.70 bits per heavy atom. The molecular formula is C19H26N4O3S. The first-order chi connectivity index (χ1) is 13.0. The third kappa shape index (κ3) is 3.42. The van der Waals surface area contributed by atoms with Crippen molar-refractivity contribution in [3.8, 4) is 0 Å². The fourth-order valence-electron chi connectivity index (χ4n) is 4.66. The molecule has 8 heteroatoms. The molecule has 1 aliphatic carbocycles. The summed E-state index contributed by atoms with van der Waals surface area (Å²) in [6.07, 6.45) is 5.13. The lowest BCUT2D eigenvalue weighted by Crippen LogP contribution is -2.67. The molecule has 1 aromatic heterocycles. The maximum Gasteiger partial charge on any atom is 0.317 e. The molecule has 1 saturated carbocycles. The first-order valence-corrected chi connectivity index (χ1v) is 10.6. The molecule has 27 heavy (non-hydrogen) atoms. The Bertz CT molecular complexity index is 731. The Balaban J connectivity index is 1.52. The minimum atomic E-state index is -0.505. The molecular weight excluding hydrogens is 364 g/mol. The maximum absolute atomic E-state index is 12.7. The zero-order valence-corrected chi connectivity index (χ0v) is 16.5. The number of rotatable bonds is 2. The molecule has 2 aliphatic heterocycles. The van der Waals surface area contributed by atoms with Crippen molar-refractivity contribution in [2.45, 2.75) is 50.6 Å². The second kappa shape index (κ2) is 7.14. The normalized spacial score (nSPS) is 26.3. The highest BCUT2D eigenvalue weighted by Gasteiger charge is 2.51. The van der Waals surface area contributed by atoms with Gasteiger partial charge in [0.15, 0.2) is 0 Å². The van der Waals surface area contributed by atoms with Gasteiger partial charge in [-0.05, 0) is 30.7 Å². The Hall–Kier alpha value is -2.09. The van der Waals surface area contributed by atoms with Crippen molar-refractivity contribution in [2.24, 2.45) is 0 Å². The van der Waals surface area contributed by atoms with Crippen LogP contribution in [0.4, 0.5) is 10.5 Å². The highest BCUT2D eigenvalue weighted by Crippen LogP contribution is 2.35. The van der Waals surface area contributed by atoms with E-state index in [1.54, 1.807) is 21.1 Å². The van der Waals surface area contributed by atoms with Gasteiger partial charge in [-0.25, -0.2) is 4.79 Å². The van der Waals surface area contributed by atoms with Crippen LogP contribution in [0.5, 0.6) is 0 Å². The minimum Gasteiger partial charge on any atom is -0.335 e. The van der Waals surface area contributed by atoms with Crippen molar-refractivity contribution in [1.82, 2.24) is 15.1 Å². The summed E-state index contributed by atoms with van der Waals surface area (Å²) in [5.74, 6) is -0.172. The van der Waals surface area contributed by atoms with Crippen LogP contribution in [0.1, 0.15) is 39.0 Å². The van der Waals surface area contributed by atoms with E-state index in [0.29, 0.717) is 26.1 Å². The Labute approximate surface area is 163 Å². The number of nitrogens with one attached hydrogen (secondary N) is 1. The number of anilines is 1. The molecule has 3 fully saturated rings. The number of hydrogen-bond donors (Lipinski definition) is 1. The van der Waals surface area contributed by atoms with Crippen LogP contribution in [0.15, 0.2) is 16.8 Å². The summed E-state index contributed by atoms with van der Waals surface area (Å²) in [6, 6.07) is 2.16. The number of carbonyl (C=O) groups is 3. The molecule has 3 heterocycles. The second-order valence-corrected chi connectivity index (χ2v) is 8.67. The van der Waals surface area contributed by atoms with Crippen LogP contribution >= 0.6 is 11.3 Å². The largest absolute Gasteiger partial charge is 0.335 e. The summed E-state index contributed by atoms with van der Waals surface area (Å²) in [4.78, 5) is 42.9. The molecule has 7 nitrogen and oxygen atoms in total. The zero-order valence-electron chi connectivity index (χ0n) is 15.6. The first-order valence-electron chi connectivity index (χ1n) is 9.65. The molecule has 0 radical (unpaired) electrons. The van der Waals surface area contributed by atoms with Gasteiger partial charge in [0.25, 0.3) is 0 Å². The van der Waals surface area contributed by atoms with Crippen LogP contribution in [0, 0.1) is 0 Å². The SMILES string of the molecule is CC(=O)N1CC(=O)N(c2ccsc2)CC12CCN(C(=O)NC1CCCC1)C2. The number of piperazine rings is 1. The number of urea groups is 1. The number of amides is 4. The van der Waals surface area contributed by atoms with Gasteiger partial charge in [-0.2, -0.15) is 11.3 Å². The van der Waals surface area contributed by atoms with Crippen LogP contribution in [0.3, 0.4) is 0 Å². The number of hydrogen-bond acceptors (Lipinski definition) is 4. The summed E-state index contributed by atoms with van der Waals surface area (Å²) in [5, 5.41) is 7.04. The molecule has 2 saturated heterocycles. The lowest BCUT2D eigenvalue weighted by atomic mass is 9.92. The molecule has 146 valence electrons. The van der Waals surface area contributed by atoms with Crippen molar-refractivity contribution in [3.63, 3.8) is 0 Å². The van der Waals surface area contributed by atoms with Gasteiger partial charge in [-0.1, -0.05) is 12.8 Å². The van der Waals surface area contributed by atoms with Crippen molar-refractivity contribution in [2.75, 3.05) is 31.1 Å². The van der Waals surface area contributed by atoms with Gasteiger partial charge >= 0.3 is 6.03 Å². The van der Waals surface area contributed by atoms with Crippen molar-refractivity contribution >= 4 is 34.9 Å². The summed E-state index contributed by atoms with van der Waals surface area (Å²) >= 11 is 1.55. The average molecular weight is 391 g/mol. The zero-order chi connectivity index (χ0) is 19.0. The maximum atomic E-state index is 12.7. The van der Waals surface area contributed by atoms with Crippen LogP contribution in [0.25, 0.3) is 0 Å². The van der Waals surface area contributed by atoms with E-state index in [1.165, 1.54) is 19.8 Å². The molecule has 1 N–H and O–H groups in total. The summed E-state index contributed by atoms with van der Waals surface area (Å²) in [5.41, 5.74) is 0.371. The van der Waals surface area contributed by atoms with E-state index in [4.69, 9.17) is 0 Å². The third-order valence-electron chi connectivity index (χ3n) is 6.12. The van der Waals surface area contributed by atoms with Gasteiger partial charge in [-0.3, -0.25) is 9.59 Å². The standard InChI is InChI=1S/C19H26N4O3S/c1-14(24)23-10-17(25)22(16-6-9-27-11-16)13-19(23)7-8-21(12-19)18(26)20-15-4-2-3-5-15/h6,9,11,15H,2-5,7-8,10,12-13H2,1H3,(H,20,26). The van der Waals surface area contributed by atoms with E-state index in [0.717, 1.165) is 18.5 Å². The summed E-state index contributed by atoms with van der Waals surface area (Å²) < 4.78 is 0. The van der Waals surface area contributed by atoms with E-state index in [2.05, 4.69) is 5.32 Å². The molecule has 3 aliphatic rings. The predicted octanol–water partition coefficient (Wildman–Crippen LogP) is 2.04. The van der Waals surface area contributed by atoms with E-state index < -0.39 is 5.54 Å². The fourth-order valence-corrected chi connectivity index (χ4v) is 5.30. The predicted molar refractivity (Wildman–Crippen MR) is 104 cm³/mol. The van der Waals surface area contributed by atoms with Crippen molar-refractivity contribution < 1.29 is 14.4 Å². The highest BCUT2D eigenvalue weighted by molar-refractivity contribution is 7.08. The first kappa shape index (κ1) is 18.3. The third-order valence-corrected chi connectivity index (χ3v) is 6.79. The Morgan fingerprint density at radius 1 is 1.26 bits per heavy atom. The summed E-state index contributed by atoms with van der Waals surface area (Å²) in [6.45, 7) is 3.10. The number of thiophene rings is 1. The highest BCUT2D eigenvalue weighted by atomic mass is 32.1. The molecule has 0 bridgehead atoms. The van der Waals surface area contributed by atoms with Crippen LogP contribution < -0.4 is 10.2 Å². The molecule has 4 amide bonds. The van der Waals surface area contributed by atoms with E-state index >= 15 is 0 Å². The average Bonchev–Trinajstić information content (AvgIpc) is 3.38. The van der Waals surface area contributed by atoms with Gasteiger partial charge < -0.3 is 20.0 Å². The van der Waals surface area contributed by atoms with Crippen molar-refractivity contribution in [3.05, 3.63) is 16.8 Å². The molecule has 0 aromatic carbocycles. The van der Waals surface area contributed by atoms with E-state index in [9.17, 15) is 14.4 Å². The number of likely N-dealkylation sites (tertiary alicyclic amines) is 1. The van der Waals surface area contributed by atoms with Gasteiger partial charge in [-0.15, -0.1) is 0 Å². The van der Waals surface area contributed by atoms with Crippen LogP contribution in [0.2, 0.25) is 0 Å². The minimum absolute atomic E-state index is 0.0405. The Morgan fingerprint density at radius 2 is 2.04 bits per heavy atom. The van der Waals surface area contributed by atoms with E-state index in [1.807, 2.05) is 21.7 Å². The van der Waals surface area contributed by atoms with Crippen LogP contribution in [-0.4, -0.2) is 65.4 Å². The molecule has 1 aromatic rings. The lowest BCUT2D eigenvalue weighted by molar-refractivity contribution is -0.142. The second-order valence-electron chi connectivity index (χ2n) is 7.89. The fraction of sp³-hybridized carbons (Fsp3) is 0.632. The monoisotopic (exact) mass is 390 g/mol. The van der Waals surface area contributed by atoms with Crippen LogP contribution in [-0.2, 0) is 9.59 Å². The van der Waals surface area contributed by atoms with E-state index in [-0.39, 0.29) is 30.4 Å². The van der Waals surface area contributed by atoms with Gasteiger partial charge in [0.2, 0.25) is 11.8 Å². The van der Waals surface area contributed by atoms with Gasteiger partial charge in [0, 0.05) is 31.4 Å². The topological polar surface area (TPSA) is 73.0 Å². The smallest absolute Gasteiger partial charge is 0.317 e. The quantitative estimate of drug-likeness (QED) is 0.840. The van der Waals surface area contributed by atoms with Gasteiger partial charge in [0.1, 0.15) is 6.54 Å². The molecule has 4 rings (SSSR count). The molecule has 1 unspecified atom stereocenters. The van der Waals surface area contributed by atoms with Gasteiger partial charge in [0.05, 0.1) is 17.8 Å².